The number of carbonyl (C=O) groups excluding carboxylic acids is 1. The van der Waals surface area contributed by atoms with E-state index in [1.165, 1.54) is 13.2 Å². The van der Waals surface area contributed by atoms with Crippen molar-refractivity contribution in [2.75, 3.05) is 20.3 Å². The Bertz CT molecular complexity index is 1170. The topological polar surface area (TPSA) is 84.5 Å². The first kappa shape index (κ1) is 22.4. The first-order valence-electron chi connectivity index (χ1n) is 9.92. The van der Waals surface area contributed by atoms with Gasteiger partial charge in [-0.3, -0.25) is 9.59 Å². The summed E-state index contributed by atoms with van der Waals surface area (Å²) in [6.45, 7) is 4.83. The molecule has 1 amide bonds. The van der Waals surface area contributed by atoms with Crippen LogP contribution in [0.4, 0.5) is 0 Å². The molecule has 0 spiro atoms. The number of ether oxygens (including phenoxy) is 2. The van der Waals surface area contributed by atoms with Gasteiger partial charge in [0.25, 0.3) is 5.56 Å². The minimum absolute atomic E-state index is 0.188. The first-order chi connectivity index (χ1) is 15.0. The van der Waals surface area contributed by atoms with Crippen LogP contribution in [0.15, 0.2) is 47.3 Å². The molecule has 0 aliphatic heterocycles. The zero-order valence-corrected chi connectivity index (χ0v) is 18.4. The Morgan fingerprint density at radius 1 is 1.26 bits per heavy atom. The fourth-order valence-corrected chi connectivity index (χ4v) is 3.45. The highest BCUT2D eigenvalue weighted by Gasteiger charge is 2.14. The second-order valence-electron chi connectivity index (χ2n) is 6.68. The molecule has 162 valence electrons. The van der Waals surface area contributed by atoms with E-state index in [0.29, 0.717) is 52.0 Å². The zero-order chi connectivity index (χ0) is 22.4. The Labute approximate surface area is 185 Å². The molecule has 7 nitrogen and oxygen atoms in total. The Hall–Kier alpha value is -3.32. The van der Waals surface area contributed by atoms with Crippen LogP contribution in [0.1, 0.15) is 25.2 Å². The Morgan fingerprint density at radius 3 is 2.74 bits per heavy atom. The molecule has 0 saturated heterocycles. The lowest BCUT2D eigenvalue weighted by molar-refractivity contribution is -0.126. The quantitative estimate of drug-likeness (QED) is 0.533. The van der Waals surface area contributed by atoms with E-state index in [4.69, 9.17) is 21.1 Å². The molecular weight excluding hydrogens is 418 g/mol. The van der Waals surface area contributed by atoms with Crippen molar-refractivity contribution in [3.05, 3.63) is 69.2 Å². The number of likely N-dealkylation sites (N-methyl/N-ethyl adjacent to an activating group) is 1. The van der Waals surface area contributed by atoms with E-state index in [9.17, 15) is 9.59 Å². The Kier molecular flexibility index (Phi) is 7.31. The van der Waals surface area contributed by atoms with Gasteiger partial charge in [-0.2, -0.15) is 0 Å². The van der Waals surface area contributed by atoms with E-state index < -0.39 is 0 Å². The number of aromatic amines is 1. The van der Waals surface area contributed by atoms with Crippen molar-refractivity contribution in [2.45, 2.75) is 20.4 Å². The van der Waals surface area contributed by atoms with Crippen molar-refractivity contribution in [3.63, 3.8) is 0 Å². The fourth-order valence-electron chi connectivity index (χ4n) is 3.15. The lowest BCUT2D eigenvalue weighted by Crippen LogP contribution is -2.30. The number of methoxy groups -OCH3 is 1. The molecule has 0 aliphatic carbocycles. The number of amides is 1. The van der Waals surface area contributed by atoms with Gasteiger partial charge < -0.3 is 19.4 Å². The second-order valence-corrected chi connectivity index (χ2v) is 7.09. The molecule has 0 saturated carbocycles. The molecule has 3 aromatic rings. The summed E-state index contributed by atoms with van der Waals surface area (Å²) in [6.07, 6.45) is 3.12. The lowest BCUT2D eigenvalue weighted by atomic mass is 10.1. The number of H-pyrrole nitrogens is 1. The van der Waals surface area contributed by atoms with Crippen molar-refractivity contribution in [1.82, 2.24) is 14.9 Å². The maximum atomic E-state index is 12.7. The average molecular weight is 442 g/mol. The van der Waals surface area contributed by atoms with Crippen molar-refractivity contribution >= 4 is 34.5 Å². The molecule has 31 heavy (non-hydrogen) atoms. The molecule has 1 heterocycles. The van der Waals surface area contributed by atoms with Gasteiger partial charge in [-0.1, -0.05) is 23.7 Å². The molecule has 0 radical (unpaired) electrons. The third kappa shape index (κ3) is 5.24. The number of hydrogen-bond acceptors (Lipinski definition) is 5. The van der Waals surface area contributed by atoms with Gasteiger partial charge >= 0.3 is 0 Å². The second kappa shape index (κ2) is 10.1. The van der Waals surface area contributed by atoms with Crippen molar-refractivity contribution in [3.8, 4) is 11.5 Å². The van der Waals surface area contributed by atoms with Crippen LogP contribution in [0.2, 0.25) is 5.02 Å². The number of hydrogen-bond donors (Lipinski definition) is 1. The van der Waals surface area contributed by atoms with Gasteiger partial charge in [0.2, 0.25) is 5.91 Å². The van der Waals surface area contributed by atoms with Crippen LogP contribution in [0, 0.1) is 0 Å². The highest BCUT2D eigenvalue weighted by molar-refractivity contribution is 6.32. The summed E-state index contributed by atoms with van der Waals surface area (Å²) in [5.41, 5.74) is 1.07. The number of nitrogens with one attached hydrogen (secondary N) is 1. The third-order valence-corrected chi connectivity index (χ3v) is 4.93. The minimum Gasteiger partial charge on any atom is -0.491 e. The van der Waals surface area contributed by atoms with E-state index in [2.05, 4.69) is 9.97 Å². The molecule has 8 heteroatoms. The smallest absolute Gasteiger partial charge is 0.258 e. The van der Waals surface area contributed by atoms with Gasteiger partial charge in [-0.05, 0) is 49.8 Å². The highest BCUT2D eigenvalue weighted by atomic mass is 35.5. The summed E-state index contributed by atoms with van der Waals surface area (Å²) < 4.78 is 10.8. The number of carbonyl (C=O) groups is 1. The molecule has 1 N–H and O–H groups in total. The van der Waals surface area contributed by atoms with Crippen molar-refractivity contribution < 1.29 is 14.3 Å². The van der Waals surface area contributed by atoms with Crippen LogP contribution in [0.25, 0.3) is 17.0 Å². The summed E-state index contributed by atoms with van der Waals surface area (Å²) in [5, 5.41) is 0.910. The van der Waals surface area contributed by atoms with Gasteiger partial charge in [0.1, 0.15) is 5.82 Å². The predicted molar refractivity (Wildman–Crippen MR) is 122 cm³/mol. The van der Waals surface area contributed by atoms with E-state index in [-0.39, 0.29) is 18.0 Å². The first-order valence-corrected chi connectivity index (χ1v) is 10.3. The number of benzene rings is 2. The molecule has 0 fully saturated rings. The standard InChI is InChI=1S/C23H24ClN3O4/c1-4-27(14-20-25-18-9-7-6-8-16(18)23(29)26-20)21(28)11-10-15-12-17(24)22(30-3)19(13-15)31-5-2/h6-13H,4-5,14H2,1-3H3,(H,25,26,29). The maximum Gasteiger partial charge on any atom is 0.258 e. The molecular formula is C23H24ClN3O4. The number of nitrogens with zero attached hydrogens (tertiary/aromatic N) is 2. The molecule has 0 unspecified atom stereocenters. The average Bonchev–Trinajstić information content (AvgIpc) is 2.76. The number of fused-ring (bicyclic) bond motifs is 1. The van der Waals surface area contributed by atoms with Crippen LogP contribution >= 0.6 is 11.6 Å². The van der Waals surface area contributed by atoms with Gasteiger partial charge in [0.15, 0.2) is 11.5 Å². The SMILES string of the molecule is CCOc1cc(C=CC(=O)N(CC)Cc2nc3ccccc3c(=O)[nH]2)cc(Cl)c1OC. The van der Waals surface area contributed by atoms with Gasteiger partial charge in [-0.25, -0.2) is 4.98 Å². The fraction of sp³-hybridized carbons (Fsp3) is 0.261. The Morgan fingerprint density at radius 2 is 2.03 bits per heavy atom. The minimum atomic E-state index is -0.226. The number of halogens is 1. The van der Waals surface area contributed by atoms with E-state index in [1.54, 1.807) is 41.3 Å². The lowest BCUT2D eigenvalue weighted by Gasteiger charge is -2.18. The van der Waals surface area contributed by atoms with Gasteiger partial charge in [-0.15, -0.1) is 0 Å². The normalized spacial score (nSPS) is 11.1. The molecule has 0 atom stereocenters. The van der Waals surface area contributed by atoms with Crippen molar-refractivity contribution in [1.29, 1.82) is 0 Å². The predicted octanol–water partition coefficient (Wildman–Crippen LogP) is 4.05. The Balaban J connectivity index is 1.80. The summed E-state index contributed by atoms with van der Waals surface area (Å²) >= 11 is 6.27. The third-order valence-electron chi connectivity index (χ3n) is 4.65. The molecule has 1 aromatic heterocycles. The summed E-state index contributed by atoms with van der Waals surface area (Å²) in [4.78, 5) is 33.8. The zero-order valence-electron chi connectivity index (χ0n) is 17.6. The van der Waals surface area contributed by atoms with Crippen LogP contribution in [0.5, 0.6) is 11.5 Å². The van der Waals surface area contributed by atoms with E-state index >= 15 is 0 Å². The highest BCUT2D eigenvalue weighted by Crippen LogP contribution is 2.36. The number of para-hydroxylation sites is 1. The largest absolute Gasteiger partial charge is 0.491 e. The summed E-state index contributed by atoms with van der Waals surface area (Å²) in [5.74, 6) is 1.17. The van der Waals surface area contributed by atoms with Gasteiger partial charge in [0.05, 0.1) is 36.2 Å². The monoisotopic (exact) mass is 441 g/mol. The maximum absolute atomic E-state index is 12.7. The molecule has 0 bridgehead atoms. The molecule has 0 aliphatic rings. The molecule has 2 aromatic carbocycles. The number of aromatic nitrogens is 2. The number of rotatable bonds is 8. The van der Waals surface area contributed by atoms with Crippen LogP contribution in [-0.4, -0.2) is 41.0 Å². The summed E-state index contributed by atoms with van der Waals surface area (Å²) in [7, 11) is 1.52. The van der Waals surface area contributed by atoms with Crippen LogP contribution in [0.3, 0.4) is 0 Å². The molecule has 3 rings (SSSR count). The van der Waals surface area contributed by atoms with Crippen LogP contribution in [-0.2, 0) is 11.3 Å². The van der Waals surface area contributed by atoms with Crippen LogP contribution < -0.4 is 15.0 Å². The van der Waals surface area contributed by atoms with Crippen molar-refractivity contribution in [2.24, 2.45) is 0 Å². The van der Waals surface area contributed by atoms with E-state index in [1.807, 2.05) is 19.9 Å². The summed E-state index contributed by atoms with van der Waals surface area (Å²) in [6, 6.07) is 10.6. The van der Waals surface area contributed by atoms with Gasteiger partial charge in [0, 0.05) is 12.6 Å². The van der Waals surface area contributed by atoms with E-state index in [0.717, 1.165) is 0 Å².